The molecule has 1 N–H and O–H groups in total. The van der Waals surface area contributed by atoms with Crippen LogP contribution in [-0.2, 0) is 11.3 Å². The Kier molecular flexibility index (Phi) is 5.10. The fourth-order valence-electron chi connectivity index (χ4n) is 3.79. The summed E-state index contributed by atoms with van der Waals surface area (Å²) in [5, 5.41) is 4.00. The van der Waals surface area contributed by atoms with Crippen molar-refractivity contribution in [2.24, 2.45) is 4.99 Å². The zero-order chi connectivity index (χ0) is 19.6. The van der Waals surface area contributed by atoms with Crippen LogP contribution in [-0.4, -0.2) is 47.4 Å². The van der Waals surface area contributed by atoms with Crippen molar-refractivity contribution in [2.75, 3.05) is 26.3 Å². The van der Waals surface area contributed by atoms with Crippen molar-refractivity contribution in [3.63, 3.8) is 0 Å². The third kappa shape index (κ3) is 3.94. The summed E-state index contributed by atoms with van der Waals surface area (Å²) in [7, 11) is 0. The minimum absolute atomic E-state index is 0.0985. The van der Waals surface area contributed by atoms with Crippen LogP contribution in [0.5, 0.6) is 0 Å². The van der Waals surface area contributed by atoms with E-state index in [0.717, 1.165) is 60.9 Å². The molecule has 0 amide bonds. The number of thiazole rings is 1. The number of pyridine rings is 1. The molecule has 1 atom stereocenters. The predicted octanol–water partition coefficient (Wildman–Crippen LogP) is 3.56. The zero-order valence-electron chi connectivity index (χ0n) is 16.0. The Balaban J connectivity index is 1.42. The lowest BCUT2D eigenvalue weighted by Gasteiger charge is -2.26. The first-order valence-corrected chi connectivity index (χ1v) is 10.7. The van der Waals surface area contributed by atoms with Gasteiger partial charge in [-0.25, -0.2) is 4.98 Å². The topological polar surface area (TPSA) is 70.6 Å². The summed E-state index contributed by atoms with van der Waals surface area (Å²) in [6.07, 6.45) is 6.63. The molecule has 1 saturated heterocycles. The number of aliphatic imine (C=N–C) groups is 1. The average molecular weight is 407 g/mol. The summed E-state index contributed by atoms with van der Waals surface area (Å²) in [4.78, 5) is 27.0. The van der Waals surface area contributed by atoms with Gasteiger partial charge in [0.05, 0.1) is 24.5 Å². The molecule has 0 radical (unpaired) electrons. The Bertz CT molecular complexity index is 1140. The standard InChI is InChI=1S/C22H22N4O2S/c27-21-18(20-14-29-22(25-20)16-3-5-23-6-4-16)12-17-2-1-15(11-19(17)24-21)13-26-7-9-28-10-8-26/h1-3,5-6,11-12,14,16H,4,7-10,13H2,(H,24,27). The van der Waals surface area contributed by atoms with Gasteiger partial charge in [-0.15, -0.1) is 11.3 Å². The maximum Gasteiger partial charge on any atom is 0.257 e. The van der Waals surface area contributed by atoms with Crippen LogP contribution in [0.3, 0.4) is 0 Å². The second-order valence-corrected chi connectivity index (χ2v) is 8.30. The summed E-state index contributed by atoms with van der Waals surface area (Å²) < 4.78 is 5.41. The van der Waals surface area contributed by atoms with Crippen LogP contribution in [0.1, 0.15) is 22.9 Å². The van der Waals surface area contributed by atoms with Crippen LogP contribution >= 0.6 is 11.3 Å². The fourth-order valence-corrected chi connectivity index (χ4v) is 4.70. The molecular weight excluding hydrogens is 384 g/mol. The van der Waals surface area contributed by atoms with E-state index in [9.17, 15) is 4.79 Å². The highest BCUT2D eigenvalue weighted by Crippen LogP contribution is 2.29. The maximum atomic E-state index is 12.8. The van der Waals surface area contributed by atoms with E-state index in [-0.39, 0.29) is 11.5 Å². The molecular formula is C22H22N4O2S. The molecule has 3 aromatic rings. The van der Waals surface area contributed by atoms with Crippen molar-refractivity contribution in [1.82, 2.24) is 14.9 Å². The minimum Gasteiger partial charge on any atom is -0.379 e. The number of rotatable bonds is 4. The first kappa shape index (κ1) is 18.4. The van der Waals surface area contributed by atoms with Gasteiger partial charge in [0, 0.05) is 48.9 Å². The van der Waals surface area contributed by atoms with Gasteiger partial charge >= 0.3 is 0 Å². The first-order valence-electron chi connectivity index (χ1n) is 9.86. The number of aromatic nitrogens is 2. The number of hydrogen-bond acceptors (Lipinski definition) is 6. The van der Waals surface area contributed by atoms with E-state index in [1.54, 1.807) is 11.3 Å². The third-order valence-electron chi connectivity index (χ3n) is 5.40. The van der Waals surface area contributed by atoms with Crippen LogP contribution in [0.25, 0.3) is 22.2 Å². The van der Waals surface area contributed by atoms with Gasteiger partial charge in [0.15, 0.2) is 0 Å². The smallest absolute Gasteiger partial charge is 0.257 e. The highest BCUT2D eigenvalue weighted by atomic mass is 32.1. The number of ether oxygens (including phenoxy) is 1. The molecule has 148 valence electrons. The number of aromatic amines is 1. The molecule has 0 saturated carbocycles. The second-order valence-electron chi connectivity index (χ2n) is 7.41. The van der Waals surface area contributed by atoms with Crippen LogP contribution < -0.4 is 5.56 Å². The number of morpholine rings is 1. The second kappa shape index (κ2) is 8.02. The highest BCUT2D eigenvalue weighted by Gasteiger charge is 2.16. The molecule has 2 aliphatic heterocycles. The van der Waals surface area contributed by atoms with E-state index in [2.05, 4.69) is 39.2 Å². The average Bonchev–Trinajstić information content (AvgIpc) is 3.25. The normalized spacial score (nSPS) is 19.8. The minimum atomic E-state index is -0.0985. The monoisotopic (exact) mass is 406 g/mol. The summed E-state index contributed by atoms with van der Waals surface area (Å²) in [6.45, 7) is 4.33. The van der Waals surface area contributed by atoms with Crippen molar-refractivity contribution in [1.29, 1.82) is 0 Å². The first-order chi connectivity index (χ1) is 14.3. The number of nitrogens with one attached hydrogen (secondary N) is 1. The Labute approximate surface area is 172 Å². The van der Waals surface area contributed by atoms with E-state index < -0.39 is 0 Å². The van der Waals surface area contributed by atoms with Gasteiger partial charge in [0.1, 0.15) is 5.01 Å². The lowest BCUT2D eigenvalue weighted by molar-refractivity contribution is 0.0342. The van der Waals surface area contributed by atoms with Crippen LogP contribution in [0.4, 0.5) is 0 Å². The Morgan fingerprint density at radius 2 is 2.14 bits per heavy atom. The lowest BCUT2D eigenvalue weighted by Crippen LogP contribution is -2.35. The molecule has 7 heteroatoms. The van der Waals surface area contributed by atoms with Crippen molar-refractivity contribution < 1.29 is 4.74 Å². The van der Waals surface area contributed by atoms with Crippen LogP contribution in [0, 0.1) is 0 Å². The number of nitrogens with zero attached hydrogens (tertiary/aromatic N) is 3. The summed E-state index contributed by atoms with van der Waals surface area (Å²) >= 11 is 1.59. The van der Waals surface area contributed by atoms with Gasteiger partial charge in [0.2, 0.25) is 0 Å². The summed E-state index contributed by atoms with van der Waals surface area (Å²) in [6, 6.07) is 8.25. The molecule has 1 aromatic carbocycles. The molecule has 0 bridgehead atoms. The van der Waals surface area contributed by atoms with Crippen LogP contribution in [0.2, 0.25) is 0 Å². The summed E-state index contributed by atoms with van der Waals surface area (Å²) in [5.41, 5.74) is 3.32. The van der Waals surface area contributed by atoms with Gasteiger partial charge in [-0.1, -0.05) is 18.2 Å². The van der Waals surface area contributed by atoms with E-state index in [4.69, 9.17) is 9.72 Å². The van der Waals surface area contributed by atoms with Crippen molar-refractivity contribution in [2.45, 2.75) is 18.9 Å². The molecule has 2 aromatic heterocycles. The number of hydrogen-bond donors (Lipinski definition) is 1. The highest BCUT2D eigenvalue weighted by molar-refractivity contribution is 7.10. The molecule has 29 heavy (non-hydrogen) atoms. The lowest BCUT2D eigenvalue weighted by atomic mass is 10.1. The van der Waals surface area contributed by atoms with Gasteiger partial charge in [-0.2, -0.15) is 0 Å². The molecule has 5 rings (SSSR count). The van der Waals surface area contributed by atoms with E-state index >= 15 is 0 Å². The number of allylic oxidation sites excluding steroid dienone is 1. The maximum absolute atomic E-state index is 12.8. The van der Waals surface area contributed by atoms with Crippen LogP contribution in [0.15, 0.2) is 51.7 Å². The largest absolute Gasteiger partial charge is 0.379 e. The molecule has 0 spiro atoms. The van der Waals surface area contributed by atoms with Gasteiger partial charge in [-0.3, -0.25) is 14.7 Å². The van der Waals surface area contributed by atoms with Gasteiger partial charge in [0.25, 0.3) is 5.56 Å². The SMILES string of the molecule is O=c1[nH]c2cc(CN3CCOCC3)ccc2cc1-c1csc(C2C=CN=CC2)n1. The number of fused-ring (bicyclic) bond motifs is 1. The fraction of sp³-hybridized carbons (Fsp3) is 0.318. The Morgan fingerprint density at radius 3 is 2.97 bits per heavy atom. The predicted molar refractivity (Wildman–Crippen MR) is 117 cm³/mol. The Morgan fingerprint density at radius 1 is 1.24 bits per heavy atom. The third-order valence-corrected chi connectivity index (χ3v) is 6.38. The number of benzene rings is 1. The zero-order valence-corrected chi connectivity index (χ0v) is 16.8. The molecule has 1 fully saturated rings. The molecule has 0 aliphatic carbocycles. The van der Waals surface area contributed by atoms with Crippen molar-refractivity contribution >= 4 is 28.5 Å². The molecule has 2 aliphatic rings. The van der Waals surface area contributed by atoms with Crippen molar-refractivity contribution in [3.05, 3.63) is 62.8 Å². The van der Waals surface area contributed by atoms with E-state index in [1.807, 2.05) is 23.9 Å². The number of H-pyrrole nitrogens is 1. The molecule has 1 unspecified atom stereocenters. The van der Waals surface area contributed by atoms with Gasteiger partial charge < -0.3 is 9.72 Å². The van der Waals surface area contributed by atoms with Gasteiger partial charge in [-0.05, 0) is 29.5 Å². The van der Waals surface area contributed by atoms with E-state index in [0.29, 0.717) is 5.56 Å². The molecule has 4 heterocycles. The van der Waals surface area contributed by atoms with E-state index in [1.165, 1.54) is 5.56 Å². The quantitative estimate of drug-likeness (QED) is 0.719. The Hall–Kier alpha value is -2.61. The molecule has 6 nitrogen and oxygen atoms in total. The summed E-state index contributed by atoms with van der Waals surface area (Å²) in [5.74, 6) is 0.244. The van der Waals surface area contributed by atoms with Crippen molar-refractivity contribution in [3.8, 4) is 11.3 Å².